The summed E-state index contributed by atoms with van der Waals surface area (Å²) in [5, 5.41) is 0.123. The van der Waals surface area contributed by atoms with Crippen LogP contribution < -0.4 is 5.46 Å². The Morgan fingerprint density at radius 3 is 2.12 bits per heavy atom. The Bertz CT molecular complexity index is 809. The molecule has 0 aliphatic heterocycles. The second kappa shape index (κ2) is 7.03. The van der Waals surface area contributed by atoms with Crippen LogP contribution in [0.3, 0.4) is 0 Å². The molecule has 0 saturated heterocycles. The maximum Gasteiger partial charge on any atom is 0.417 e. The largest absolute Gasteiger partial charge is 0.417 e. The van der Waals surface area contributed by atoms with Crippen molar-refractivity contribution in [3.63, 3.8) is 0 Å². The molecule has 124 valence electrons. The van der Waals surface area contributed by atoms with E-state index in [0.717, 1.165) is 23.2 Å². The van der Waals surface area contributed by atoms with Crippen molar-refractivity contribution in [2.45, 2.75) is 13.1 Å². The minimum absolute atomic E-state index is 0.0614. The first-order valence-corrected chi connectivity index (χ1v) is 7.70. The van der Waals surface area contributed by atoms with Crippen LogP contribution in [0.25, 0.3) is 5.57 Å². The summed E-state index contributed by atoms with van der Waals surface area (Å²) < 4.78 is 40.1. The van der Waals surface area contributed by atoms with Gasteiger partial charge in [-0.2, -0.15) is 13.2 Å². The standard InChI is InChI=1S/C17H12BCl2F3O/c1-9-4-10(2-3-15(9)18)16(24)8-14(17(21,22)23)11-5-12(19)7-13(20)6-11/h2-8H,18H2,1H3/b14-8+. The Kier molecular flexibility index (Phi) is 5.46. The molecule has 0 spiro atoms. The molecule has 0 aliphatic rings. The maximum atomic E-state index is 13.4. The van der Waals surface area contributed by atoms with Crippen LogP contribution in [0.1, 0.15) is 21.5 Å². The lowest BCUT2D eigenvalue weighted by atomic mass is 9.89. The van der Waals surface area contributed by atoms with E-state index < -0.39 is 17.5 Å². The van der Waals surface area contributed by atoms with Gasteiger partial charge >= 0.3 is 6.18 Å². The molecule has 24 heavy (non-hydrogen) atoms. The molecule has 2 rings (SSSR count). The number of hydrogen-bond donors (Lipinski definition) is 0. The van der Waals surface area contributed by atoms with Crippen LogP contribution >= 0.6 is 23.2 Å². The van der Waals surface area contributed by atoms with Gasteiger partial charge in [0.25, 0.3) is 0 Å². The highest BCUT2D eigenvalue weighted by molar-refractivity contribution is 6.35. The van der Waals surface area contributed by atoms with Crippen LogP contribution in [0.15, 0.2) is 42.5 Å². The van der Waals surface area contributed by atoms with E-state index in [1.54, 1.807) is 19.1 Å². The lowest BCUT2D eigenvalue weighted by Gasteiger charge is -2.13. The molecule has 0 radical (unpaired) electrons. The van der Waals surface area contributed by atoms with Crippen molar-refractivity contribution in [1.29, 1.82) is 0 Å². The van der Waals surface area contributed by atoms with E-state index in [-0.39, 0.29) is 21.2 Å². The number of benzene rings is 2. The quantitative estimate of drug-likeness (QED) is 0.445. The van der Waals surface area contributed by atoms with Crippen LogP contribution in [0.5, 0.6) is 0 Å². The number of allylic oxidation sites excluding steroid dienone is 2. The van der Waals surface area contributed by atoms with Gasteiger partial charge in [-0.05, 0) is 42.8 Å². The number of aryl methyl sites for hydroxylation is 1. The average Bonchev–Trinajstić information content (AvgIpc) is 2.45. The second-order valence-electron chi connectivity index (χ2n) is 5.38. The van der Waals surface area contributed by atoms with Gasteiger partial charge < -0.3 is 0 Å². The van der Waals surface area contributed by atoms with Crippen LogP contribution in [0.4, 0.5) is 13.2 Å². The third-order valence-electron chi connectivity index (χ3n) is 3.55. The van der Waals surface area contributed by atoms with Crippen LogP contribution in [-0.2, 0) is 0 Å². The number of alkyl halides is 3. The van der Waals surface area contributed by atoms with Gasteiger partial charge in [0.1, 0.15) is 7.85 Å². The molecule has 0 saturated carbocycles. The third kappa shape index (κ3) is 4.43. The summed E-state index contributed by atoms with van der Waals surface area (Å²) in [7, 11) is 1.86. The first-order chi connectivity index (χ1) is 11.1. The van der Waals surface area contributed by atoms with Crippen molar-refractivity contribution >= 4 is 47.9 Å². The molecule has 7 heteroatoms. The first kappa shape index (κ1) is 18.6. The molecule has 0 amide bonds. The molecule has 0 N–H and O–H groups in total. The van der Waals surface area contributed by atoms with Crippen LogP contribution in [-0.4, -0.2) is 19.8 Å². The molecule has 0 aliphatic carbocycles. The fraction of sp³-hybridized carbons (Fsp3) is 0.118. The minimum Gasteiger partial charge on any atom is -0.289 e. The highest BCUT2D eigenvalue weighted by Gasteiger charge is 2.35. The molecule has 0 unspecified atom stereocenters. The van der Waals surface area contributed by atoms with Crippen molar-refractivity contribution in [2.24, 2.45) is 0 Å². The lowest BCUT2D eigenvalue weighted by Crippen LogP contribution is -2.14. The van der Waals surface area contributed by atoms with Crippen LogP contribution in [0.2, 0.25) is 10.0 Å². The van der Waals surface area contributed by atoms with Crippen molar-refractivity contribution in [3.05, 3.63) is 69.2 Å². The van der Waals surface area contributed by atoms with E-state index in [1.807, 2.05) is 7.85 Å². The van der Waals surface area contributed by atoms with Gasteiger partial charge in [-0.3, -0.25) is 4.79 Å². The summed E-state index contributed by atoms with van der Waals surface area (Å²) in [6, 6.07) is 8.33. The predicted molar refractivity (Wildman–Crippen MR) is 94.2 cm³/mol. The summed E-state index contributed by atoms with van der Waals surface area (Å²) in [6.45, 7) is 1.79. The van der Waals surface area contributed by atoms with Gasteiger partial charge in [0.05, 0.1) is 5.57 Å². The molecule has 1 nitrogen and oxygen atoms in total. The van der Waals surface area contributed by atoms with E-state index in [2.05, 4.69) is 0 Å². The highest BCUT2D eigenvalue weighted by Crippen LogP contribution is 2.36. The van der Waals surface area contributed by atoms with E-state index in [0.29, 0.717) is 6.08 Å². The Balaban J connectivity index is 2.53. The SMILES string of the molecule is Bc1ccc(C(=O)/C=C(\c2cc(Cl)cc(Cl)c2)C(F)(F)F)cc1C. The molecule has 0 bridgehead atoms. The van der Waals surface area contributed by atoms with Gasteiger partial charge in [-0.25, -0.2) is 0 Å². The number of rotatable bonds is 3. The Hall–Kier alpha value is -1.72. The van der Waals surface area contributed by atoms with Gasteiger partial charge in [0.2, 0.25) is 0 Å². The Labute approximate surface area is 148 Å². The molecular formula is C17H12BCl2F3O. The monoisotopic (exact) mass is 370 g/mol. The molecular weight excluding hydrogens is 359 g/mol. The number of carbonyl (C=O) groups is 1. The zero-order valence-corrected chi connectivity index (χ0v) is 14.4. The first-order valence-electron chi connectivity index (χ1n) is 6.95. The van der Waals surface area contributed by atoms with Crippen molar-refractivity contribution in [3.8, 4) is 0 Å². The van der Waals surface area contributed by atoms with Gasteiger partial charge in [0, 0.05) is 15.6 Å². The smallest absolute Gasteiger partial charge is 0.289 e. The normalized spacial score (nSPS) is 12.3. The number of halogens is 5. The number of carbonyl (C=O) groups excluding carboxylic acids is 1. The van der Waals surface area contributed by atoms with Crippen molar-refractivity contribution in [1.82, 2.24) is 0 Å². The third-order valence-corrected chi connectivity index (χ3v) is 3.98. The van der Waals surface area contributed by atoms with E-state index in [1.165, 1.54) is 12.1 Å². The van der Waals surface area contributed by atoms with Crippen LogP contribution in [0, 0.1) is 6.92 Å². The molecule has 0 atom stereocenters. The predicted octanol–water partition coefficient (Wildman–Crippen LogP) is 4.39. The fourth-order valence-corrected chi connectivity index (χ4v) is 2.67. The van der Waals surface area contributed by atoms with Crippen molar-refractivity contribution < 1.29 is 18.0 Å². The highest BCUT2D eigenvalue weighted by atomic mass is 35.5. The zero-order chi connectivity index (χ0) is 18.1. The van der Waals surface area contributed by atoms with E-state index >= 15 is 0 Å². The summed E-state index contributed by atoms with van der Waals surface area (Å²) >= 11 is 11.5. The minimum atomic E-state index is -4.72. The van der Waals surface area contributed by atoms with Gasteiger partial charge in [-0.1, -0.05) is 46.4 Å². The van der Waals surface area contributed by atoms with Gasteiger partial charge in [-0.15, -0.1) is 0 Å². The molecule has 0 aromatic heterocycles. The average molecular weight is 371 g/mol. The summed E-state index contributed by atoms with van der Waals surface area (Å²) in [5.41, 5.74) is 0.627. The molecule has 0 heterocycles. The maximum absolute atomic E-state index is 13.4. The number of ketones is 1. The zero-order valence-electron chi connectivity index (χ0n) is 12.8. The second-order valence-corrected chi connectivity index (χ2v) is 6.25. The summed E-state index contributed by atoms with van der Waals surface area (Å²) in [6.07, 6.45) is -4.14. The Morgan fingerprint density at radius 2 is 1.62 bits per heavy atom. The molecule has 2 aromatic rings. The summed E-state index contributed by atoms with van der Waals surface area (Å²) in [4.78, 5) is 12.3. The number of hydrogen-bond acceptors (Lipinski definition) is 1. The van der Waals surface area contributed by atoms with Crippen molar-refractivity contribution in [2.75, 3.05) is 0 Å². The molecule has 0 fully saturated rings. The topological polar surface area (TPSA) is 17.1 Å². The fourth-order valence-electron chi connectivity index (χ4n) is 2.15. The lowest BCUT2D eigenvalue weighted by molar-refractivity contribution is -0.0689. The summed E-state index contributed by atoms with van der Waals surface area (Å²) in [5.74, 6) is -0.735. The van der Waals surface area contributed by atoms with Gasteiger partial charge in [0.15, 0.2) is 5.78 Å². The molecule has 2 aromatic carbocycles. The van der Waals surface area contributed by atoms with E-state index in [9.17, 15) is 18.0 Å². The Morgan fingerprint density at radius 1 is 1.04 bits per heavy atom. The van der Waals surface area contributed by atoms with E-state index in [4.69, 9.17) is 23.2 Å².